The first-order chi connectivity index (χ1) is 16.3. The standard InChI is InChI=1S/C30H32O3/c31-28-18-25-14-8-7-13-24(25)17-27(28)26-15-16-29(32-20-22-9-3-1-4-10-22)30(19-26)33-21-23-11-5-2-6-12-23/h1-6,9-12,15-16,19,24-25,27H,7-8,13-14,17-18,20-21H2/t24-,25+,27+/m0/s1. The molecule has 33 heavy (non-hydrogen) atoms. The lowest BCUT2D eigenvalue weighted by Gasteiger charge is -2.38. The topological polar surface area (TPSA) is 35.5 Å². The van der Waals surface area contributed by atoms with Crippen LogP contribution in [0.3, 0.4) is 0 Å². The van der Waals surface area contributed by atoms with E-state index in [1.807, 2.05) is 42.5 Å². The fourth-order valence-corrected chi connectivity index (χ4v) is 5.46. The Morgan fingerprint density at radius 2 is 1.30 bits per heavy atom. The van der Waals surface area contributed by atoms with E-state index in [0.29, 0.717) is 36.6 Å². The maximum atomic E-state index is 13.1. The molecule has 5 rings (SSSR count). The van der Waals surface area contributed by atoms with Crippen LogP contribution in [0, 0.1) is 11.8 Å². The van der Waals surface area contributed by atoms with Crippen LogP contribution in [0.15, 0.2) is 78.9 Å². The number of benzene rings is 3. The summed E-state index contributed by atoms with van der Waals surface area (Å²) in [5.41, 5.74) is 3.29. The summed E-state index contributed by atoms with van der Waals surface area (Å²) in [5, 5.41) is 0. The number of ether oxygens (including phenoxy) is 2. The molecule has 2 fully saturated rings. The predicted molar refractivity (Wildman–Crippen MR) is 130 cm³/mol. The summed E-state index contributed by atoms with van der Waals surface area (Å²) < 4.78 is 12.4. The Morgan fingerprint density at radius 1 is 0.697 bits per heavy atom. The molecule has 0 N–H and O–H groups in total. The van der Waals surface area contributed by atoms with E-state index < -0.39 is 0 Å². The number of fused-ring (bicyclic) bond motifs is 1. The number of carbonyl (C=O) groups is 1. The lowest BCUT2D eigenvalue weighted by Crippen LogP contribution is -2.32. The third-order valence-corrected chi connectivity index (χ3v) is 7.30. The molecule has 2 aliphatic rings. The SMILES string of the molecule is O=C1C[C@H]2CCCC[C@H]2C[C@@H]1c1ccc(OCc2ccccc2)c(OCc2ccccc2)c1. The van der Waals surface area contributed by atoms with Crippen LogP contribution in [0.5, 0.6) is 11.5 Å². The highest BCUT2D eigenvalue weighted by Crippen LogP contribution is 2.45. The highest BCUT2D eigenvalue weighted by atomic mass is 16.5. The highest BCUT2D eigenvalue weighted by Gasteiger charge is 2.37. The summed E-state index contributed by atoms with van der Waals surface area (Å²) in [6, 6.07) is 26.4. The van der Waals surface area contributed by atoms with E-state index in [1.54, 1.807) is 0 Å². The second-order valence-electron chi connectivity index (χ2n) is 9.52. The van der Waals surface area contributed by atoms with E-state index >= 15 is 0 Å². The minimum absolute atomic E-state index is 0.0217. The molecule has 0 saturated heterocycles. The fraction of sp³-hybridized carbons (Fsp3) is 0.367. The van der Waals surface area contributed by atoms with Gasteiger partial charge in [0.05, 0.1) is 0 Å². The van der Waals surface area contributed by atoms with E-state index in [0.717, 1.165) is 35.3 Å². The second-order valence-corrected chi connectivity index (χ2v) is 9.52. The Hall–Kier alpha value is -3.07. The number of ketones is 1. The molecule has 3 aromatic carbocycles. The van der Waals surface area contributed by atoms with Gasteiger partial charge in [-0.3, -0.25) is 4.79 Å². The van der Waals surface area contributed by atoms with Crippen molar-refractivity contribution < 1.29 is 14.3 Å². The molecule has 3 heteroatoms. The van der Waals surface area contributed by atoms with Gasteiger partial charge in [-0.2, -0.15) is 0 Å². The zero-order chi connectivity index (χ0) is 22.5. The van der Waals surface area contributed by atoms with Crippen molar-refractivity contribution in [3.05, 3.63) is 95.6 Å². The van der Waals surface area contributed by atoms with Crippen molar-refractivity contribution in [1.82, 2.24) is 0 Å². The van der Waals surface area contributed by atoms with Crippen molar-refractivity contribution in [3.63, 3.8) is 0 Å². The van der Waals surface area contributed by atoms with Crippen molar-refractivity contribution in [3.8, 4) is 11.5 Å². The average molecular weight is 441 g/mol. The predicted octanol–water partition coefficient (Wildman–Crippen LogP) is 7.10. The van der Waals surface area contributed by atoms with Gasteiger partial charge >= 0.3 is 0 Å². The van der Waals surface area contributed by atoms with Crippen LogP contribution in [0.2, 0.25) is 0 Å². The molecule has 3 atom stereocenters. The second kappa shape index (κ2) is 10.2. The van der Waals surface area contributed by atoms with Gasteiger partial charge in [0.2, 0.25) is 0 Å². The highest BCUT2D eigenvalue weighted by molar-refractivity contribution is 5.87. The van der Waals surface area contributed by atoms with Crippen LogP contribution in [0.4, 0.5) is 0 Å². The summed E-state index contributed by atoms with van der Waals surface area (Å²) >= 11 is 0. The van der Waals surface area contributed by atoms with Gasteiger partial charge < -0.3 is 9.47 Å². The Bertz CT molecular complexity index is 1060. The first-order valence-corrected chi connectivity index (χ1v) is 12.3. The quantitative estimate of drug-likeness (QED) is 0.393. The molecule has 170 valence electrons. The maximum Gasteiger partial charge on any atom is 0.161 e. The minimum atomic E-state index is -0.0217. The normalized spacial score (nSPS) is 22.4. The Labute approximate surface area is 196 Å². The van der Waals surface area contributed by atoms with Gasteiger partial charge in [0.1, 0.15) is 19.0 Å². The lowest BCUT2D eigenvalue weighted by molar-refractivity contribution is -0.125. The molecule has 2 saturated carbocycles. The van der Waals surface area contributed by atoms with Crippen LogP contribution >= 0.6 is 0 Å². The van der Waals surface area contributed by atoms with E-state index in [9.17, 15) is 4.79 Å². The summed E-state index contributed by atoms with van der Waals surface area (Å²) in [5.74, 6) is 3.09. The molecular weight excluding hydrogens is 408 g/mol. The third-order valence-electron chi connectivity index (χ3n) is 7.30. The largest absolute Gasteiger partial charge is 0.485 e. The lowest BCUT2D eigenvalue weighted by atomic mass is 9.65. The van der Waals surface area contributed by atoms with Gasteiger partial charge in [0.15, 0.2) is 11.5 Å². The molecule has 2 aliphatic carbocycles. The zero-order valence-corrected chi connectivity index (χ0v) is 19.1. The number of rotatable bonds is 7. The Kier molecular flexibility index (Phi) is 6.76. The first-order valence-electron chi connectivity index (χ1n) is 12.3. The van der Waals surface area contributed by atoms with Crippen molar-refractivity contribution in [2.24, 2.45) is 11.8 Å². The van der Waals surface area contributed by atoms with E-state index in [4.69, 9.17) is 9.47 Å². The summed E-state index contributed by atoms with van der Waals surface area (Å²) in [6.07, 6.45) is 6.79. The van der Waals surface area contributed by atoms with Crippen molar-refractivity contribution in [2.45, 2.75) is 57.7 Å². The van der Waals surface area contributed by atoms with Gasteiger partial charge in [-0.1, -0.05) is 86.0 Å². The smallest absolute Gasteiger partial charge is 0.161 e. The van der Waals surface area contributed by atoms with E-state index in [2.05, 4.69) is 36.4 Å². The molecule has 0 unspecified atom stereocenters. The molecule has 0 aromatic heterocycles. The summed E-state index contributed by atoms with van der Waals surface area (Å²) in [7, 11) is 0. The maximum absolute atomic E-state index is 13.1. The van der Waals surface area contributed by atoms with Gasteiger partial charge in [-0.25, -0.2) is 0 Å². The van der Waals surface area contributed by atoms with Crippen molar-refractivity contribution in [1.29, 1.82) is 0 Å². The monoisotopic (exact) mass is 440 g/mol. The molecule has 0 aliphatic heterocycles. The van der Waals surface area contributed by atoms with Gasteiger partial charge in [-0.05, 0) is 53.5 Å². The number of carbonyl (C=O) groups excluding carboxylic acids is 1. The molecular formula is C30H32O3. The zero-order valence-electron chi connectivity index (χ0n) is 19.1. The van der Waals surface area contributed by atoms with Crippen molar-refractivity contribution in [2.75, 3.05) is 0 Å². The number of hydrogen-bond acceptors (Lipinski definition) is 3. The number of hydrogen-bond donors (Lipinski definition) is 0. The van der Waals surface area contributed by atoms with E-state index in [-0.39, 0.29) is 5.92 Å². The fourth-order valence-electron chi connectivity index (χ4n) is 5.46. The van der Waals surface area contributed by atoms with Crippen LogP contribution < -0.4 is 9.47 Å². The third kappa shape index (κ3) is 5.30. The van der Waals surface area contributed by atoms with Crippen LogP contribution in [-0.4, -0.2) is 5.78 Å². The molecule has 3 aromatic rings. The summed E-state index contributed by atoms with van der Waals surface area (Å²) in [4.78, 5) is 13.1. The van der Waals surface area contributed by atoms with Crippen molar-refractivity contribution >= 4 is 5.78 Å². The Morgan fingerprint density at radius 3 is 1.97 bits per heavy atom. The first kappa shape index (κ1) is 21.8. The number of Topliss-reactive ketones (excluding diaryl/α,β-unsaturated/α-hetero) is 1. The van der Waals surface area contributed by atoms with Gasteiger partial charge in [0, 0.05) is 12.3 Å². The molecule has 0 bridgehead atoms. The average Bonchev–Trinajstić information content (AvgIpc) is 2.87. The van der Waals surface area contributed by atoms with Crippen LogP contribution in [0.1, 0.15) is 61.1 Å². The molecule has 0 heterocycles. The molecule has 0 radical (unpaired) electrons. The van der Waals surface area contributed by atoms with Gasteiger partial charge in [-0.15, -0.1) is 0 Å². The summed E-state index contributed by atoms with van der Waals surface area (Å²) in [6.45, 7) is 0.948. The van der Waals surface area contributed by atoms with Crippen LogP contribution in [-0.2, 0) is 18.0 Å². The van der Waals surface area contributed by atoms with E-state index in [1.165, 1.54) is 25.7 Å². The van der Waals surface area contributed by atoms with Crippen LogP contribution in [0.25, 0.3) is 0 Å². The molecule has 0 amide bonds. The molecule has 3 nitrogen and oxygen atoms in total. The Balaban J connectivity index is 1.37. The minimum Gasteiger partial charge on any atom is -0.485 e. The van der Waals surface area contributed by atoms with Gasteiger partial charge in [0.25, 0.3) is 0 Å². The molecule has 0 spiro atoms.